The fraction of sp³-hybridized carbons (Fsp3) is 0.636. The van der Waals surface area contributed by atoms with Gasteiger partial charge in [0.05, 0.1) is 8.68 Å². The normalized spacial score (nSPS) is 18.4. The van der Waals surface area contributed by atoms with E-state index >= 15 is 0 Å². The summed E-state index contributed by atoms with van der Waals surface area (Å²) in [5, 5.41) is 0. The maximum absolute atomic E-state index is 12.5. The van der Waals surface area contributed by atoms with Crippen LogP contribution in [0, 0.1) is 6.92 Å². The molecule has 4 nitrogen and oxygen atoms in total. The summed E-state index contributed by atoms with van der Waals surface area (Å²) in [7, 11) is -1.73. The molecule has 0 N–H and O–H groups in total. The first-order chi connectivity index (χ1) is 8.43. The first kappa shape index (κ1) is 14.5. The molecule has 0 spiro atoms. The summed E-state index contributed by atoms with van der Waals surface area (Å²) in [4.78, 5) is 1.23. The Kier molecular flexibility index (Phi) is 4.48. The Bertz CT molecular complexity index is 520. The third-order valence-corrected chi connectivity index (χ3v) is 6.92. The molecule has 0 radical (unpaired) electrons. The van der Waals surface area contributed by atoms with Crippen LogP contribution in [-0.2, 0) is 14.8 Å². The van der Waals surface area contributed by atoms with Gasteiger partial charge in [0.2, 0.25) is 10.0 Å². The molecule has 1 aromatic rings. The lowest BCUT2D eigenvalue weighted by atomic mass is 10.1. The molecular formula is C11H16BrNO3S2. The molecule has 0 atom stereocenters. The van der Waals surface area contributed by atoms with Crippen molar-refractivity contribution in [3.8, 4) is 0 Å². The fourth-order valence-corrected chi connectivity index (χ4v) is 5.88. The van der Waals surface area contributed by atoms with Crippen molar-refractivity contribution in [3.63, 3.8) is 0 Å². The molecule has 0 unspecified atom stereocenters. The van der Waals surface area contributed by atoms with Gasteiger partial charge >= 0.3 is 0 Å². The lowest BCUT2D eigenvalue weighted by molar-refractivity contribution is 0.0632. The van der Waals surface area contributed by atoms with Gasteiger partial charge < -0.3 is 4.74 Å². The smallest absolute Gasteiger partial charge is 0.244 e. The highest BCUT2D eigenvalue weighted by Crippen LogP contribution is 2.32. The third-order valence-electron chi connectivity index (χ3n) is 3.20. The summed E-state index contributed by atoms with van der Waals surface area (Å²) in [6, 6.07) is 1.73. The van der Waals surface area contributed by atoms with Gasteiger partial charge in [-0.3, -0.25) is 0 Å². The van der Waals surface area contributed by atoms with Gasteiger partial charge in [-0.05, 0) is 41.8 Å². The molecule has 0 aromatic carbocycles. The van der Waals surface area contributed by atoms with Crippen LogP contribution in [-0.4, -0.2) is 39.0 Å². The highest BCUT2D eigenvalue weighted by Gasteiger charge is 2.31. The summed E-state index contributed by atoms with van der Waals surface area (Å²) in [6.07, 6.45) is 1.53. The van der Waals surface area contributed by atoms with Gasteiger partial charge in [0.25, 0.3) is 0 Å². The Hall–Kier alpha value is 0.0500. The molecule has 2 rings (SSSR count). The summed E-state index contributed by atoms with van der Waals surface area (Å²) >= 11 is 4.78. The zero-order valence-corrected chi connectivity index (χ0v) is 13.6. The first-order valence-electron chi connectivity index (χ1n) is 5.74. The summed E-state index contributed by atoms with van der Waals surface area (Å²) in [6.45, 7) is 3.10. The Morgan fingerprint density at radius 2 is 2.06 bits per heavy atom. The molecule has 0 bridgehead atoms. The molecule has 7 heteroatoms. The van der Waals surface area contributed by atoms with Crippen LogP contribution in [0.15, 0.2) is 14.7 Å². The van der Waals surface area contributed by atoms with Gasteiger partial charge in [-0.15, -0.1) is 11.3 Å². The van der Waals surface area contributed by atoms with Crippen LogP contribution in [0.4, 0.5) is 0 Å². The van der Waals surface area contributed by atoms with E-state index in [1.54, 1.807) is 13.1 Å². The minimum atomic E-state index is -3.39. The van der Waals surface area contributed by atoms with E-state index in [-0.39, 0.29) is 6.04 Å². The number of hydrogen-bond acceptors (Lipinski definition) is 4. The number of thiophene rings is 1. The van der Waals surface area contributed by atoms with Crippen LogP contribution in [0.5, 0.6) is 0 Å². The molecule has 0 amide bonds. The van der Waals surface area contributed by atoms with Crippen LogP contribution < -0.4 is 0 Å². The van der Waals surface area contributed by atoms with Crippen LogP contribution in [0.3, 0.4) is 0 Å². The van der Waals surface area contributed by atoms with Crippen LogP contribution in [0.1, 0.15) is 17.7 Å². The summed E-state index contributed by atoms with van der Waals surface area (Å²) in [5.74, 6) is 0. The Morgan fingerprint density at radius 3 is 2.56 bits per heavy atom. The van der Waals surface area contributed by atoms with Crippen molar-refractivity contribution in [2.75, 3.05) is 20.3 Å². The van der Waals surface area contributed by atoms with E-state index in [1.807, 2.05) is 6.92 Å². The van der Waals surface area contributed by atoms with Crippen molar-refractivity contribution >= 4 is 37.3 Å². The van der Waals surface area contributed by atoms with Crippen LogP contribution in [0.2, 0.25) is 0 Å². The molecule has 0 aliphatic carbocycles. The number of sulfonamides is 1. The van der Waals surface area contributed by atoms with Crippen molar-refractivity contribution in [2.24, 2.45) is 0 Å². The molecule has 1 aliphatic rings. The number of halogens is 1. The van der Waals surface area contributed by atoms with E-state index in [9.17, 15) is 8.42 Å². The Labute approximate surface area is 120 Å². The number of rotatable bonds is 3. The zero-order chi connectivity index (χ0) is 13.3. The van der Waals surface area contributed by atoms with Crippen molar-refractivity contribution in [3.05, 3.63) is 14.7 Å². The largest absolute Gasteiger partial charge is 0.381 e. The van der Waals surface area contributed by atoms with Gasteiger partial charge in [-0.1, -0.05) is 0 Å². The number of nitrogens with zero attached hydrogens (tertiary/aromatic N) is 1. The van der Waals surface area contributed by atoms with E-state index in [4.69, 9.17) is 4.74 Å². The lowest BCUT2D eigenvalue weighted by Gasteiger charge is -2.30. The molecule has 102 valence electrons. The molecule has 18 heavy (non-hydrogen) atoms. The van der Waals surface area contributed by atoms with Gasteiger partial charge in [-0.25, -0.2) is 8.42 Å². The zero-order valence-electron chi connectivity index (χ0n) is 10.3. The first-order valence-corrected chi connectivity index (χ1v) is 8.79. The maximum Gasteiger partial charge on any atom is 0.244 e. The van der Waals surface area contributed by atoms with Gasteiger partial charge in [0, 0.05) is 31.2 Å². The van der Waals surface area contributed by atoms with Gasteiger partial charge in [0.15, 0.2) is 0 Å². The average molecular weight is 354 g/mol. The summed E-state index contributed by atoms with van der Waals surface area (Å²) in [5.41, 5.74) is 0. The predicted molar refractivity (Wildman–Crippen MR) is 75.5 cm³/mol. The third kappa shape index (κ3) is 2.80. The number of aryl methyl sites for hydroxylation is 1. The molecular weight excluding hydrogens is 338 g/mol. The minimum absolute atomic E-state index is 0.0434. The van der Waals surface area contributed by atoms with E-state index in [0.29, 0.717) is 18.1 Å². The molecule has 1 aromatic heterocycles. The second kappa shape index (κ2) is 5.58. The molecule has 0 saturated carbocycles. The summed E-state index contributed by atoms with van der Waals surface area (Å²) < 4.78 is 32.7. The second-order valence-electron chi connectivity index (χ2n) is 4.34. The Balaban J connectivity index is 2.27. The number of hydrogen-bond donors (Lipinski definition) is 0. The topological polar surface area (TPSA) is 46.6 Å². The van der Waals surface area contributed by atoms with Crippen molar-refractivity contribution in [2.45, 2.75) is 30.7 Å². The Morgan fingerprint density at radius 1 is 1.44 bits per heavy atom. The number of ether oxygens (including phenoxy) is 1. The van der Waals surface area contributed by atoms with Crippen LogP contribution in [0.25, 0.3) is 0 Å². The van der Waals surface area contributed by atoms with E-state index in [0.717, 1.165) is 21.5 Å². The second-order valence-corrected chi connectivity index (χ2v) is 8.94. The van der Waals surface area contributed by atoms with Crippen LogP contribution >= 0.6 is 27.3 Å². The SMILES string of the molecule is Cc1sc(Br)cc1S(=O)(=O)N(C)C1CCOCC1. The fourth-order valence-electron chi connectivity index (χ4n) is 2.09. The lowest BCUT2D eigenvalue weighted by Crippen LogP contribution is -2.40. The molecule has 1 saturated heterocycles. The highest BCUT2D eigenvalue weighted by atomic mass is 79.9. The van der Waals surface area contributed by atoms with E-state index in [2.05, 4.69) is 15.9 Å². The van der Waals surface area contributed by atoms with Crippen molar-refractivity contribution < 1.29 is 13.2 Å². The highest BCUT2D eigenvalue weighted by molar-refractivity contribution is 9.11. The standard InChI is InChI=1S/C11H16BrNO3S2/c1-8-10(7-11(12)17-8)18(14,15)13(2)9-3-5-16-6-4-9/h7,9H,3-6H2,1-2H3. The van der Waals surface area contributed by atoms with E-state index < -0.39 is 10.0 Å². The average Bonchev–Trinajstić information content (AvgIpc) is 2.69. The van der Waals surface area contributed by atoms with Crippen molar-refractivity contribution in [1.29, 1.82) is 0 Å². The van der Waals surface area contributed by atoms with Gasteiger partial charge in [0.1, 0.15) is 0 Å². The molecule has 2 heterocycles. The molecule has 1 aliphatic heterocycles. The molecule has 1 fully saturated rings. The minimum Gasteiger partial charge on any atom is -0.381 e. The van der Waals surface area contributed by atoms with Gasteiger partial charge in [-0.2, -0.15) is 4.31 Å². The monoisotopic (exact) mass is 353 g/mol. The van der Waals surface area contributed by atoms with Crippen molar-refractivity contribution in [1.82, 2.24) is 4.31 Å². The predicted octanol–water partition coefficient (Wildman–Crippen LogP) is 2.62. The van der Waals surface area contributed by atoms with E-state index in [1.165, 1.54) is 15.6 Å². The quantitative estimate of drug-likeness (QED) is 0.838. The maximum atomic E-state index is 12.5.